The second kappa shape index (κ2) is 6.89. The molecule has 0 bridgehead atoms. The number of aryl methyl sites for hydroxylation is 1. The van der Waals surface area contributed by atoms with Gasteiger partial charge in [-0.3, -0.25) is 10.1 Å². The summed E-state index contributed by atoms with van der Waals surface area (Å²) in [5.74, 6) is 0.649. The van der Waals surface area contributed by atoms with E-state index in [-0.39, 0.29) is 10.6 Å². The fraction of sp³-hybridized carbons (Fsp3) is 0.625. The van der Waals surface area contributed by atoms with Crippen LogP contribution in [0.3, 0.4) is 0 Å². The zero-order chi connectivity index (χ0) is 15.4. The van der Waals surface area contributed by atoms with E-state index >= 15 is 0 Å². The molecular formula is C16H25N3O2. The number of nitro groups is 1. The molecule has 2 rings (SSSR count). The molecule has 1 unspecified atom stereocenters. The van der Waals surface area contributed by atoms with Crippen molar-refractivity contribution in [3.05, 3.63) is 33.9 Å². The molecule has 5 nitrogen and oxygen atoms in total. The number of benzene rings is 1. The van der Waals surface area contributed by atoms with Crippen LogP contribution in [-0.4, -0.2) is 30.6 Å². The lowest BCUT2D eigenvalue weighted by Crippen LogP contribution is -2.41. The van der Waals surface area contributed by atoms with Gasteiger partial charge in [-0.1, -0.05) is 13.8 Å². The van der Waals surface area contributed by atoms with Crippen molar-refractivity contribution in [2.45, 2.75) is 39.7 Å². The lowest BCUT2D eigenvalue weighted by atomic mass is 9.96. The highest BCUT2D eigenvalue weighted by Gasteiger charge is 2.22. The molecule has 116 valence electrons. The van der Waals surface area contributed by atoms with Crippen LogP contribution >= 0.6 is 0 Å². The molecule has 1 aromatic carbocycles. The molecule has 1 aliphatic heterocycles. The van der Waals surface area contributed by atoms with Crippen molar-refractivity contribution >= 4 is 11.4 Å². The van der Waals surface area contributed by atoms with E-state index in [4.69, 9.17) is 0 Å². The Morgan fingerprint density at radius 1 is 1.48 bits per heavy atom. The Hall–Kier alpha value is -1.62. The first kappa shape index (κ1) is 15.8. The molecule has 0 spiro atoms. The third-order valence-electron chi connectivity index (χ3n) is 4.07. The first-order valence-electron chi connectivity index (χ1n) is 7.70. The smallest absolute Gasteiger partial charge is 0.269 e. The third kappa shape index (κ3) is 4.17. The number of hydrogen-bond donors (Lipinski definition) is 1. The Balaban J connectivity index is 2.05. The van der Waals surface area contributed by atoms with E-state index in [0.29, 0.717) is 12.0 Å². The van der Waals surface area contributed by atoms with Gasteiger partial charge in [-0.15, -0.1) is 0 Å². The Morgan fingerprint density at radius 2 is 2.24 bits per heavy atom. The third-order valence-corrected chi connectivity index (χ3v) is 4.07. The predicted octanol–water partition coefficient (Wildman–Crippen LogP) is 3.12. The van der Waals surface area contributed by atoms with Gasteiger partial charge in [0.1, 0.15) is 0 Å². The Bertz CT molecular complexity index is 502. The summed E-state index contributed by atoms with van der Waals surface area (Å²) < 4.78 is 0. The van der Waals surface area contributed by atoms with Crippen molar-refractivity contribution in [2.24, 2.45) is 5.92 Å². The van der Waals surface area contributed by atoms with E-state index in [1.165, 1.54) is 12.8 Å². The highest BCUT2D eigenvalue weighted by molar-refractivity contribution is 5.57. The van der Waals surface area contributed by atoms with Crippen LogP contribution in [0.25, 0.3) is 0 Å². The van der Waals surface area contributed by atoms with Crippen LogP contribution in [0.2, 0.25) is 0 Å². The number of non-ortho nitro benzene ring substituents is 1. The molecule has 0 radical (unpaired) electrons. The first-order chi connectivity index (χ1) is 9.97. The minimum atomic E-state index is -0.331. The van der Waals surface area contributed by atoms with E-state index in [1.54, 1.807) is 12.1 Å². The van der Waals surface area contributed by atoms with Crippen molar-refractivity contribution in [3.63, 3.8) is 0 Å². The average molecular weight is 291 g/mol. The Morgan fingerprint density at radius 3 is 2.86 bits per heavy atom. The second-order valence-corrected chi connectivity index (χ2v) is 6.25. The van der Waals surface area contributed by atoms with Gasteiger partial charge in [0, 0.05) is 37.0 Å². The van der Waals surface area contributed by atoms with Gasteiger partial charge in [-0.2, -0.15) is 0 Å². The normalized spacial score (nSPS) is 19.0. The van der Waals surface area contributed by atoms with Crippen LogP contribution in [0.4, 0.5) is 11.4 Å². The number of hydrogen-bond acceptors (Lipinski definition) is 4. The van der Waals surface area contributed by atoms with Gasteiger partial charge in [0.2, 0.25) is 0 Å². The van der Waals surface area contributed by atoms with Gasteiger partial charge in [0.05, 0.1) is 4.92 Å². The van der Waals surface area contributed by atoms with Crippen molar-refractivity contribution < 1.29 is 4.92 Å². The van der Waals surface area contributed by atoms with E-state index in [1.807, 2.05) is 13.0 Å². The van der Waals surface area contributed by atoms with E-state index < -0.39 is 0 Å². The van der Waals surface area contributed by atoms with Gasteiger partial charge in [0.25, 0.3) is 5.69 Å². The van der Waals surface area contributed by atoms with Gasteiger partial charge >= 0.3 is 0 Å². The van der Waals surface area contributed by atoms with Gasteiger partial charge in [0.15, 0.2) is 0 Å². The molecule has 1 saturated heterocycles. The van der Waals surface area contributed by atoms with Crippen LogP contribution in [0, 0.1) is 23.0 Å². The molecule has 0 saturated carbocycles. The minimum Gasteiger partial charge on any atom is -0.371 e. The fourth-order valence-corrected chi connectivity index (χ4v) is 2.96. The molecule has 1 heterocycles. The van der Waals surface area contributed by atoms with E-state index in [0.717, 1.165) is 30.9 Å². The second-order valence-electron chi connectivity index (χ2n) is 6.25. The molecule has 1 fully saturated rings. The summed E-state index contributed by atoms with van der Waals surface area (Å²) in [6.45, 7) is 9.40. The Kier molecular flexibility index (Phi) is 5.17. The number of rotatable bonds is 5. The largest absolute Gasteiger partial charge is 0.371 e. The van der Waals surface area contributed by atoms with Crippen molar-refractivity contribution in [1.82, 2.24) is 5.32 Å². The molecular weight excluding hydrogens is 266 g/mol. The van der Waals surface area contributed by atoms with Gasteiger partial charge in [-0.05, 0) is 43.9 Å². The summed E-state index contributed by atoms with van der Waals surface area (Å²) in [6.07, 6.45) is 2.43. The Labute approximate surface area is 126 Å². The van der Waals surface area contributed by atoms with Crippen molar-refractivity contribution in [3.8, 4) is 0 Å². The molecule has 1 aromatic rings. The maximum absolute atomic E-state index is 10.8. The molecule has 21 heavy (non-hydrogen) atoms. The standard InChI is InChI=1S/C16H25N3O2/c1-12(2)17-10-14-5-4-8-18(11-14)16-7-6-15(19(20)21)9-13(16)3/h6-7,9,12,14,17H,4-5,8,10-11H2,1-3H3. The number of piperidine rings is 1. The monoisotopic (exact) mass is 291 g/mol. The topological polar surface area (TPSA) is 58.4 Å². The maximum atomic E-state index is 10.8. The van der Waals surface area contributed by atoms with E-state index in [9.17, 15) is 10.1 Å². The van der Waals surface area contributed by atoms with Crippen LogP contribution < -0.4 is 10.2 Å². The van der Waals surface area contributed by atoms with Gasteiger partial charge in [-0.25, -0.2) is 0 Å². The first-order valence-corrected chi connectivity index (χ1v) is 7.70. The number of nitrogens with zero attached hydrogens (tertiary/aromatic N) is 2. The number of nitro benzene ring substituents is 1. The van der Waals surface area contributed by atoms with Crippen LogP contribution in [0.1, 0.15) is 32.3 Å². The zero-order valence-electron chi connectivity index (χ0n) is 13.1. The maximum Gasteiger partial charge on any atom is 0.269 e. The van der Waals surface area contributed by atoms with Gasteiger partial charge < -0.3 is 10.2 Å². The van der Waals surface area contributed by atoms with Crippen LogP contribution in [0.5, 0.6) is 0 Å². The van der Waals surface area contributed by atoms with E-state index in [2.05, 4.69) is 24.1 Å². The molecule has 1 atom stereocenters. The lowest BCUT2D eigenvalue weighted by molar-refractivity contribution is -0.384. The quantitative estimate of drug-likeness (QED) is 0.669. The number of nitrogens with one attached hydrogen (secondary N) is 1. The zero-order valence-corrected chi connectivity index (χ0v) is 13.1. The highest BCUT2D eigenvalue weighted by atomic mass is 16.6. The van der Waals surface area contributed by atoms with Crippen molar-refractivity contribution in [2.75, 3.05) is 24.5 Å². The van der Waals surface area contributed by atoms with Crippen molar-refractivity contribution in [1.29, 1.82) is 0 Å². The molecule has 0 aromatic heterocycles. The molecule has 5 heteroatoms. The molecule has 0 aliphatic carbocycles. The summed E-state index contributed by atoms with van der Waals surface area (Å²) in [7, 11) is 0. The number of anilines is 1. The SMILES string of the molecule is Cc1cc([N+](=O)[O-])ccc1N1CCCC(CNC(C)C)C1. The summed E-state index contributed by atoms with van der Waals surface area (Å²) >= 11 is 0. The minimum absolute atomic E-state index is 0.172. The molecule has 0 amide bonds. The molecule has 1 N–H and O–H groups in total. The predicted molar refractivity (Wildman–Crippen MR) is 85.9 cm³/mol. The van der Waals surface area contributed by atoms with Crippen LogP contribution in [0.15, 0.2) is 18.2 Å². The van der Waals surface area contributed by atoms with Crippen LogP contribution in [-0.2, 0) is 0 Å². The molecule has 1 aliphatic rings. The fourth-order valence-electron chi connectivity index (χ4n) is 2.96. The summed E-state index contributed by atoms with van der Waals surface area (Å²) in [5.41, 5.74) is 2.29. The highest BCUT2D eigenvalue weighted by Crippen LogP contribution is 2.28. The average Bonchev–Trinajstić information content (AvgIpc) is 2.45. The summed E-state index contributed by atoms with van der Waals surface area (Å²) in [5, 5.41) is 14.3. The summed E-state index contributed by atoms with van der Waals surface area (Å²) in [6, 6.07) is 5.69. The lowest BCUT2D eigenvalue weighted by Gasteiger charge is -2.35. The summed E-state index contributed by atoms with van der Waals surface area (Å²) in [4.78, 5) is 12.9.